The molecule has 0 saturated carbocycles. The average Bonchev–Trinajstić information content (AvgIpc) is 2.32. The van der Waals surface area contributed by atoms with E-state index >= 15 is 0 Å². The monoisotopic (exact) mass is 269 g/mol. The van der Waals surface area contributed by atoms with Crippen molar-refractivity contribution in [2.24, 2.45) is 23.5 Å². The average molecular weight is 269 g/mol. The number of hydrogen-bond donors (Lipinski definition) is 2. The van der Waals surface area contributed by atoms with Crippen LogP contribution in [0.15, 0.2) is 0 Å². The van der Waals surface area contributed by atoms with E-state index in [1.165, 1.54) is 19.5 Å². The summed E-state index contributed by atoms with van der Waals surface area (Å²) in [4.78, 5) is 14.2. The first-order valence-corrected chi connectivity index (χ1v) is 7.65. The number of piperidine rings is 1. The molecular formula is C15H31N3O. The minimum Gasteiger partial charge on any atom is -0.355 e. The van der Waals surface area contributed by atoms with E-state index in [1.807, 2.05) is 13.8 Å². The summed E-state index contributed by atoms with van der Waals surface area (Å²) in [5, 5.41) is 2.94. The van der Waals surface area contributed by atoms with Gasteiger partial charge in [-0.3, -0.25) is 4.79 Å². The molecule has 1 amide bonds. The molecule has 2 unspecified atom stereocenters. The highest BCUT2D eigenvalue weighted by atomic mass is 16.2. The number of amides is 1. The Kier molecular flexibility index (Phi) is 6.80. The summed E-state index contributed by atoms with van der Waals surface area (Å²) in [6, 6.07) is -0.380. The molecule has 0 spiro atoms. The Morgan fingerprint density at radius 1 is 1.32 bits per heavy atom. The first kappa shape index (κ1) is 16.4. The molecule has 1 heterocycles. The molecule has 1 fully saturated rings. The molecule has 3 atom stereocenters. The Balaban J connectivity index is 2.15. The second kappa shape index (κ2) is 7.85. The van der Waals surface area contributed by atoms with Gasteiger partial charge in [0.15, 0.2) is 0 Å². The van der Waals surface area contributed by atoms with E-state index in [9.17, 15) is 4.79 Å². The summed E-state index contributed by atoms with van der Waals surface area (Å²) >= 11 is 0. The fourth-order valence-electron chi connectivity index (χ4n) is 2.91. The molecular weight excluding hydrogens is 238 g/mol. The molecule has 4 nitrogen and oxygen atoms in total. The van der Waals surface area contributed by atoms with Crippen LogP contribution in [0.2, 0.25) is 0 Å². The van der Waals surface area contributed by atoms with Gasteiger partial charge in [-0.25, -0.2) is 0 Å². The standard InChI is InChI=1S/C15H31N3O/c1-11(2)14(16)15(19)17-6-5-7-18-9-12(3)8-13(4)10-18/h11-14H,5-10,16H2,1-4H3,(H,17,19)/t12?,13?,14-/m0/s1. The van der Waals surface area contributed by atoms with Gasteiger partial charge in [0, 0.05) is 19.6 Å². The van der Waals surface area contributed by atoms with Crippen LogP contribution in [-0.4, -0.2) is 43.0 Å². The Bertz CT molecular complexity index is 271. The fourth-order valence-corrected chi connectivity index (χ4v) is 2.91. The van der Waals surface area contributed by atoms with Crippen molar-refractivity contribution in [1.29, 1.82) is 0 Å². The van der Waals surface area contributed by atoms with Gasteiger partial charge in [0.1, 0.15) is 0 Å². The van der Waals surface area contributed by atoms with Gasteiger partial charge in [0.2, 0.25) is 5.91 Å². The molecule has 3 N–H and O–H groups in total. The van der Waals surface area contributed by atoms with Gasteiger partial charge >= 0.3 is 0 Å². The van der Waals surface area contributed by atoms with Crippen molar-refractivity contribution in [2.75, 3.05) is 26.2 Å². The van der Waals surface area contributed by atoms with Crippen molar-refractivity contribution in [3.05, 3.63) is 0 Å². The van der Waals surface area contributed by atoms with Gasteiger partial charge < -0.3 is 16.0 Å². The molecule has 112 valence electrons. The summed E-state index contributed by atoms with van der Waals surface area (Å²) in [5.74, 6) is 1.78. The molecule has 1 aliphatic heterocycles. The summed E-state index contributed by atoms with van der Waals surface area (Å²) in [7, 11) is 0. The number of rotatable bonds is 6. The van der Waals surface area contributed by atoms with Crippen molar-refractivity contribution in [1.82, 2.24) is 10.2 Å². The largest absolute Gasteiger partial charge is 0.355 e. The van der Waals surface area contributed by atoms with Crippen molar-refractivity contribution in [2.45, 2.75) is 46.6 Å². The first-order chi connectivity index (χ1) is 8.90. The number of carbonyl (C=O) groups is 1. The molecule has 4 heteroatoms. The highest BCUT2D eigenvalue weighted by Gasteiger charge is 2.21. The lowest BCUT2D eigenvalue weighted by Gasteiger charge is -2.35. The van der Waals surface area contributed by atoms with Crippen molar-refractivity contribution in [3.63, 3.8) is 0 Å². The minimum absolute atomic E-state index is 0.0182. The number of nitrogens with zero attached hydrogens (tertiary/aromatic N) is 1. The van der Waals surface area contributed by atoms with Gasteiger partial charge in [-0.05, 0) is 37.1 Å². The van der Waals surface area contributed by atoms with Crippen LogP contribution in [0.3, 0.4) is 0 Å². The lowest BCUT2D eigenvalue weighted by molar-refractivity contribution is -0.123. The maximum atomic E-state index is 11.7. The second-order valence-electron chi connectivity index (χ2n) is 6.62. The predicted octanol–water partition coefficient (Wildman–Crippen LogP) is 1.45. The molecule has 0 bridgehead atoms. The maximum Gasteiger partial charge on any atom is 0.237 e. The van der Waals surface area contributed by atoms with Gasteiger partial charge in [-0.2, -0.15) is 0 Å². The van der Waals surface area contributed by atoms with E-state index in [1.54, 1.807) is 0 Å². The number of carbonyl (C=O) groups excluding carboxylic acids is 1. The number of hydrogen-bond acceptors (Lipinski definition) is 3. The fraction of sp³-hybridized carbons (Fsp3) is 0.933. The number of nitrogens with one attached hydrogen (secondary N) is 1. The predicted molar refractivity (Wildman–Crippen MR) is 79.8 cm³/mol. The van der Waals surface area contributed by atoms with Crippen molar-refractivity contribution >= 4 is 5.91 Å². The quantitative estimate of drug-likeness (QED) is 0.718. The van der Waals surface area contributed by atoms with Crippen LogP contribution >= 0.6 is 0 Å². The molecule has 0 radical (unpaired) electrons. The summed E-state index contributed by atoms with van der Waals surface area (Å²) in [5.41, 5.74) is 5.80. The van der Waals surface area contributed by atoms with E-state index in [-0.39, 0.29) is 17.9 Å². The van der Waals surface area contributed by atoms with Crippen LogP contribution < -0.4 is 11.1 Å². The van der Waals surface area contributed by atoms with Crippen molar-refractivity contribution < 1.29 is 4.79 Å². The normalized spacial score (nSPS) is 26.4. The smallest absolute Gasteiger partial charge is 0.237 e. The Morgan fingerprint density at radius 3 is 2.42 bits per heavy atom. The molecule has 0 aromatic carbocycles. The van der Waals surface area contributed by atoms with Gasteiger partial charge in [-0.1, -0.05) is 27.7 Å². The lowest BCUT2D eigenvalue weighted by atomic mass is 9.92. The van der Waals surface area contributed by atoms with Crippen molar-refractivity contribution in [3.8, 4) is 0 Å². The zero-order chi connectivity index (χ0) is 14.4. The van der Waals surface area contributed by atoms with E-state index in [4.69, 9.17) is 5.73 Å². The summed E-state index contributed by atoms with van der Waals surface area (Å²) in [6.45, 7) is 12.8. The highest BCUT2D eigenvalue weighted by Crippen LogP contribution is 2.20. The molecule has 0 aromatic heterocycles. The zero-order valence-electron chi connectivity index (χ0n) is 13.0. The van der Waals surface area contributed by atoms with Crippen LogP contribution in [0.5, 0.6) is 0 Å². The first-order valence-electron chi connectivity index (χ1n) is 7.65. The van der Waals surface area contributed by atoms with Crippen LogP contribution in [-0.2, 0) is 4.79 Å². The number of likely N-dealkylation sites (tertiary alicyclic amines) is 1. The van der Waals surface area contributed by atoms with Gasteiger partial charge in [0.25, 0.3) is 0 Å². The van der Waals surface area contributed by atoms with E-state index in [0.29, 0.717) is 0 Å². The maximum absolute atomic E-state index is 11.7. The highest BCUT2D eigenvalue weighted by molar-refractivity contribution is 5.81. The zero-order valence-corrected chi connectivity index (χ0v) is 13.0. The van der Waals surface area contributed by atoms with E-state index in [2.05, 4.69) is 24.1 Å². The van der Waals surface area contributed by atoms with Crippen LogP contribution in [0.1, 0.15) is 40.5 Å². The van der Waals surface area contributed by atoms with E-state index < -0.39 is 0 Å². The Hall–Kier alpha value is -0.610. The van der Waals surface area contributed by atoms with Gasteiger partial charge in [0.05, 0.1) is 6.04 Å². The lowest BCUT2D eigenvalue weighted by Crippen LogP contribution is -2.45. The summed E-state index contributed by atoms with van der Waals surface area (Å²) < 4.78 is 0. The molecule has 0 aliphatic carbocycles. The minimum atomic E-state index is -0.380. The molecule has 19 heavy (non-hydrogen) atoms. The van der Waals surface area contributed by atoms with Crippen LogP contribution in [0.4, 0.5) is 0 Å². The Morgan fingerprint density at radius 2 is 1.89 bits per heavy atom. The summed E-state index contributed by atoms with van der Waals surface area (Å²) in [6.07, 6.45) is 2.35. The van der Waals surface area contributed by atoms with Crippen LogP contribution in [0, 0.1) is 17.8 Å². The Labute approximate surface area is 118 Å². The third kappa shape index (κ3) is 5.91. The third-order valence-corrected chi connectivity index (χ3v) is 3.92. The van der Waals surface area contributed by atoms with E-state index in [0.717, 1.165) is 31.3 Å². The molecule has 1 rings (SSSR count). The molecule has 0 aromatic rings. The van der Waals surface area contributed by atoms with Crippen LogP contribution in [0.25, 0.3) is 0 Å². The SMILES string of the molecule is CC1CC(C)CN(CCCNC(=O)[C@@H](N)C(C)C)C1. The molecule has 1 saturated heterocycles. The number of nitrogens with two attached hydrogens (primary N) is 1. The molecule has 1 aliphatic rings. The third-order valence-electron chi connectivity index (χ3n) is 3.92. The topological polar surface area (TPSA) is 58.4 Å². The second-order valence-corrected chi connectivity index (χ2v) is 6.62. The van der Waals surface area contributed by atoms with Gasteiger partial charge in [-0.15, -0.1) is 0 Å².